The lowest BCUT2D eigenvalue weighted by molar-refractivity contribution is -0.179. The molecule has 0 spiro atoms. The lowest BCUT2D eigenvalue weighted by atomic mass is 9.78. The Kier molecular flexibility index (Phi) is 4.11. The van der Waals surface area contributed by atoms with Gasteiger partial charge in [0.2, 0.25) is 0 Å². The summed E-state index contributed by atoms with van der Waals surface area (Å²) in [6, 6.07) is 0. The van der Waals surface area contributed by atoms with E-state index in [0.717, 1.165) is 0 Å². The molecule has 3 fully saturated rings. The van der Waals surface area contributed by atoms with Gasteiger partial charge in [-0.3, -0.25) is 14.1 Å². The van der Waals surface area contributed by atoms with Crippen LogP contribution in [0.3, 0.4) is 0 Å². The van der Waals surface area contributed by atoms with Crippen molar-refractivity contribution in [3.05, 3.63) is 0 Å². The standard InChI is InChI=1S/C13H18O9S/c1-5(14)21-10-6-4-7-9(13(16)22-11(7)10)8(6)12(15)20-2-3-23(17,18)19/h5-11,14H,2-4H2,1H3,(H,17,18,19). The molecule has 1 aliphatic heterocycles. The number of carbonyl (C=O) groups excluding carboxylic acids is 2. The number of aliphatic hydroxyl groups is 1. The summed E-state index contributed by atoms with van der Waals surface area (Å²) in [5.41, 5.74) is 0. The third-order valence-corrected chi connectivity index (χ3v) is 5.44. The minimum absolute atomic E-state index is 0.157. The number of hydrogen-bond donors (Lipinski definition) is 2. The van der Waals surface area contributed by atoms with E-state index in [1.54, 1.807) is 0 Å². The summed E-state index contributed by atoms with van der Waals surface area (Å²) in [7, 11) is -4.23. The van der Waals surface area contributed by atoms with Gasteiger partial charge in [0, 0.05) is 11.8 Å². The van der Waals surface area contributed by atoms with Crippen molar-refractivity contribution in [2.75, 3.05) is 12.4 Å². The average molecular weight is 350 g/mol. The van der Waals surface area contributed by atoms with Gasteiger partial charge in [0.05, 0.1) is 11.8 Å². The number of hydrogen-bond acceptors (Lipinski definition) is 8. The summed E-state index contributed by atoms with van der Waals surface area (Å²) in [6.07, 6.45) is -1.56. The molecule has 0 aromatic heterocycles. The molecule has 2 aliphatic carbocycles. The van der Waals surface area contributed by atoms with Crippen LogP contribution >= 0.6 is 0 Å². The Bertz CT molecular complexity index is 613. The number of carbonyl (C=O) groups is 2. The Morgan fingerprint density at radius 2 is 2.13 bits per heavy atom. The molecule has 2 bridgehead atoms. The molecule has 7 atom stereocenters. The first-order valence-corrected chi connectivity index (χ1v) is 8.96. The largest absolute Gasteiger partial charge is 0.464 e. The SMILES string of the molecule is CC(O)OC1C2CC3C1OC(=O)C3C2C(=O)OCCS(=O)(=O)O. The Hall–Kier alpha value is -1.23. The van der Waals surface area contributed by atoms with Crippen LogP contribution in [0.25, 0.3) is 0 Å². The van der Waals surface area contributed by atoms with E-state index < -0.39 is 64.8 Å². The predicted molar refractivity (Wildman–Crippen MR) is 72.4 cm³/mol. The van der Waals surface area contributed by atoms with E-state index >= 15 is 0 Å². The second-order valence-corrected chi connectivity index (χ2v) is 7.74. The quantitative estimate of drug-likeness (QED) is 0.349. The minimum atomic E-state index is -4.23. The van der Waals surface area contributed by atoms with Gasteiger partial charge >= 0.3 is 11.9 Å². The molecule has 1 saturated heterocycles. The first kappa shape index (κ1) is 16.6. The van der Waals surface area contributed by atoms with Gasteiger partial charge in [-0.15, -0.1) is 0 Å². The van der Waals surface area contributed by atoms with Gasteiger partial charge in [0.15, 0.2) is 6.29 Å². The second-order valence-electron chi connectivity index (χ2n) is 6.17. The highest BCUT2D eigenvalue weighted by Gasteiger charge is 2.69. The van der Waals surface area contributed by atoms with Gasteiger partial charge in [-0.05, 0) is 13.3 Å². The highest BCUT2D eigenvalue weighted by Crippen LogP contribution is 2.59. The zero-order chi connectivity index (χ0) is 16.9. The van der Waals surface area contributed by atoms with Gasteiger partial charge < -0.3 is 19.3 Å². The molecule has 130 valence electrons. The maximum Gasteiger partial charge on any atom is 0.310 e. The molecule has 1 heterocycles. The Morgan fingerprint density at radius 1 is 1.43 bits per heavy atom. The van der Waals surface area contributed by atoms with Crippen LogP contribution < -0.4 is 0 Å². The average Bonchev–Trinajstić information content (AvgIpc) is 2.99. The molecule has 10 heteroatoms. The van der Waals surface area contributed by atoms with E-state index in [1.807, 2.05) is 0 Å². The lowest BCUT2D eigenvalue weighted by Gasteiger charge is -2.31. The third kappa shape index (κ3) is 2.95. The normalized spacial score (nSPS) is 39.3. The highest BCUT2D eigenvalue weighted by molar-refractivity contribution is 7.85. The van der Waals surface area contributed by atoms with E-state index in [9.17, 15) is 23.1 Å². The van der Waals surface area contributed by atoms with Gasteiger partial charge in [-0.2, -0.15) is 8.42 Å². The van der Waals surface area contributed by atoms with Crippen LogP contribution in [0.4, 0.5) is 0 Å². The van der Waals surface area contributed by atoms with Crippen LogP contribution in [0, 0.1) is 23.7 Å². The van der Waals surface area contributed by atoms with Gasteiger partial charge in [0.25, 0.3) is 10.1 Å². The second kappa shape index (κ2) is 5.69. The molecule has 0 amide bonds. The van der Waals surface area contributed by atoms with Crippen molar-refractivity contribution in [3.8, 4) is 0 Å². The maximum absolute atomic E-state index is 12.3. The fourth-order valence-electron chi connectivity index (χ4n) is 4.06. The molecular weight excluding hydrogens is 332 g/mol. The van der Waals surface area contributed by atoms with E-state index in [1.165, 1.54) is 6.92 Å². The van der Waals surface area contributed by atoms with Crippen molar-refractivity contribution < 1.29 is 41.9 Å². The molecule has 0 aromatic carbocycles. The lowest BCUT2D eigenvalue weighted by Crippen LogP contribution is -2.44. The zero-order valence-corrected chi connectivity index (χ0v) is 13.1. The zero-order valence-electron chi connectivity index (χ0n) is 12.3. The molecule has 3 rings (SSSR count). The molecule has 23 heavy (non-hydrogen) atoms. The molecule has 3 aliphatic rings. The van der Waals surface area contributed by atoms with Crippen LogP contribution in [-0.4, -0.2) is 60.9 Å². The summed E-state index contributed by atoms with van der Waals surface area (Å²) in [5.74, 6) is -3.78. The number of ether oxygens (including phenoxy) is 3. The number of esters is 2. The Morgan fingerprint density at radius 3 is 2.74 bits per heavy atom. The maximum atomic E-state index is 12.3. The van der Waals surface area contributed by atoms with Crippen LogP contribution in [0.1, 0.15) is 13.3 Å². The van der Waals surface area contributed by atoms with Crippen LogP contribution in [-0.2, 0) is 33.9 Å². The van der Waals surface area contributed by atoms with Crippen molar-refractivity contribution in [2.45, 2.75) is 31.8 Å². The van der Waals surface area contributed by atoms with E-state index in [0.29, 0.717) is 6.42 Å². The number of rotatable bonds is 6. The minimum Gasteiger partial charge on any atom is -0.464 e. The molecular formula is C13H18O9S. The number of aliphatic hydroxyl groups excluding tert-OH is 1. The van der Waals surface area contributed by atoms with E-state index in [4.69, 9.17) is 18.8 Å². The van der Waals surface area contributed by atoms with Crippen LogP contribution in [0.5, 0.6) is 0 Å². The summed E-state index contributed by atoms with van der Waals surface area (Å²) in [6.45, 7) is 0.943. The van der Waals surface area contributed by atoms with Crippen molar-refractivity contribution in [3.63, 3.8) is 0 Å². The van der Waals surface area contributed by atoms with Crippen molar-refractivity contribution in [2.24, 2.45) is 23.7 Å². The van der Waals surface area contributed by atoms with Gasteiger partial charge in [0.1, 0.15) is 24.6 Å². The predicted octanol–water partition coefficient (Wildman–Crippen LogP) is -1.05. The Labute approximate surface area is 132 Å². The molecule has 0 radical (unpaired) electrons. The van der Waals surface area contributed by atoms with Crippen LogP contribution in [0.2, 0.25) is 0 Å². The van der Waals surface area contributed by atoms with E-state index in [-0.39, 0.29) is 11.8 Å². The van der Waals surface area contributed by atoms with Crippen molar-refractivity contribution in [1.29, 1.82) is 0 Å². The summed E-state index contributed by atoms with van der Waals surface area (Å²) in [4.78, 5) is 24.2. The summed E-state index contributed by atoms with van der Waals surface area (Å²) >= 11 is 0. The molecule has 9 nitrogen and oxygen atoms in total. The van der Waals surface area contributed by atoms with Gasteiger partial charge in [-0.25, -0.2) is 0 Å². The summed E-state index contributed by atoms with van der Waals surface area (Å²) in [5, 5.41) is 9.42. The third-order valence-electron chi connectivity index (χ3n) is 4.76. The fourth-order valence-corrected chi connectivity index (χ4v) is 4.36. The molecule has 2 saturated carbocycles. The van der Waals surface area contributed by atoms with E-state index in [2.05, 4.69) is 0 Å². The van der Waals surface area contributed by atoms with Gasteiger partial charge in [-0.1, -0.05) is 0 Å². The topological polar surface area (TPSA) is 136 Å². The first-order chi connectivity index (χ1) is 10.7. The fraction of sp³-hybridized carbons (Fsp3) is 0.846. The molecule has 7 unspecified atom stereocenters. The van der Waals surface area contributed by atoms with Crippen molar-refractivity contribution >= 4 is 22.1 Å². The number of fused-ring (bicyclic) bond motifs is 1. The first-order valence-electron chi connectivity index (χ1n) is 7.35. The summed E-state index contributed by atoms with van der Waals surface area (Å²) < 4.78 is 45.5. The van der Waals surface area contributed by atoms with Crippen LogP contribution in [0.15, 0.2) is 0 Å². The molecule has 2 N–H and O–H groups in total. The smallest absolute Gasteiger partial charge is 0.310 e. The monoisotopic (exact) mass is 350 g/mol. The van der Waals surface area contributed by atoms with Crippen molar-refractivity contribution in [1.82, 2.24) is 0 Å². The Balaban J connectivity index is 1.71. The molecule has 0 aromatic rings. The highest BCUT2D eigenvalue weighted by atomic mass is 32.2.